The Balaban J connectivity index is 2.39. The largest absolute Gasteiger partial charge is 0.355 e. The lowest BCUT2D eigenvalue weighted by molar-refractivity contribution is 0.0951. The molecule has 0 spiro atoms. The van der Waals surface area contributed by atoms with E-state index in [1.165, 1.54) is 0 Å². The molecule has 0 unspecified atom stereocenters. The average molecular weight is 329 g/mol. The normalized spacial score (nSPS) is 10.6. The zero-order chi connectivity index (χ0) is 16.3. The van der Waals surface area contributed by atoms with Gasteiger partial charge >= 0.3 is 0 Å². The van der Waals surface area contributed by atoms with Crippen molar-refractivity contribution < 1.29 is 22.4 Å². The first-order valence-corrected chi connectivity index (χ1v) is 7.20. The molecule has 22 heavy (non-hydrogen) atoms. The molecule has 2 nitrogen and oxygen atoms in total. The van der Waals surface area contributed by atoms with Gasteiger partial charge in [0, 0.05) is 12.8 Å². The van der Waals surface area contributed by atoms with Crippen molar-refractivity contribution in [3.05, 3.63) is 64.7 Å². The summed E-state index contributed by atoms with van der Waals surface area (Å²) in [6.45, 7) is 0. The second-order valence-electron chi connectivity index (χ2n) is 4.31. The number of hydrogen-bond acceptors (Lipinski definition) is 2. The number of amides is 1. The Morgan fingerprint density at radius 3 is 2.05 bits per heavy atom. The van der Waals surface area contributed by atoms with Crippen LogP contribution in [0.1, 0.15) is 15.9 Å². The fraction of sp³-hybridized carbons (Fsp3) is 0.133. The first kappa shape index (κ1) is 16.4. The standard InChI is InChI=1S/C15H11F4NOS/c1-20-15(21)9-10(16)12(18)14(13(19)11(9)17)22-7-8-5-3-2-4-6-8/h2-6H,7H2,1H3,(H,20,21). The third-order valence-corrected chi connectivity index (χ3v) is 4.03. The van der Waals surface area contributed by atoms with Crippen LogP contribution in [-0.2, 0) is 5.75 Å². The van der Waals surface area contributed by atoms with E-state index in [2.05, 4.69) is 0 Å². The minimum Gasteiger partial charge on any atom is -0.355 e. The summed E-state index contributed by atoms with van der Waals surface area (Å²) in [7, 11) is 1.11. The van der Waals surface area contributed by atoms with Crippen LogP contribution in [0.3, 0.4) is 0 Å². The summed E-state index contributed by atoms with van der Waals surface area (Å²) < 4.78 is 55.5. The van der Waals surface area contributed by atoms with E-state index in [4.69, 9.17) is 0 Å². The summed E-state index contributed by atoms with van der Waals surface area (Å²) >= 11 is 0.621. The number of halogens is 4. The molecular formula is C15H11F4NOS. The maximum Gasteiger partial charge on any atom is 0.257 e. The monoisotopic (exact) mass is 329 g/mol. The summed E-state index contributed by atoms with van der Waals surface area (Å²) in [4.78, 5) is 10.5. The number of benzene rings is 2. The first-order valence-electron chi connectivity index (χ1n) is 6.22. The second-order valence-corrected chi connectivity index (χ2v) is 5.30. The van der Waals surface area contributed by atoms with E-state index in [-0.39, 0.29) is 5.75 Å². The van der Waals surface area contributed by atoms with Gasteiger partial charge in [-0.3, -0.25) is 4.79 Å². The van der Waals surface area contributed by atoms with Gasteiger partial charge < -0.3 is 5.32 Å². The molecule has 1 N–H and O–H groups in total. The Morgan fingerprint density at radius 1 is 1.00 bits per heavy atom. The van der Waals surface area contributed by atoms with Crippen LogP contribution in [0.25, 0.3) is 0 Å². The van der Waals surface area contributed by atoms with Crippen LogP contribution < -0.4 is 5.32 Å². The van der Waals surface area contributed by atoms with Crippen LogP contribution in [0, 0.1) is 23.3 Å². The highest BCUT2D eigenvalue weighted by Gasteiger charge is 2.29. The Hall–Kier alpha value is -2.02. The molecule has 2 rings (SSSR count). The lowest BCUT2D eigenvalue weighted by atomic mass is 10.1. The van der Waals surface area contributed by atoms with Gasteiger partial charge in [0.1, 0.15) is 5.56 Å². The highest BCUT2D eigenvalue weighted by molar-refractivity contribution is 7.98. The van der Waals surface area contributed by atoms with E-state index in [0.29, 0.717) is 11.8 Å². The van der Waals surface area contributed by atoms with Crippen molar-refractivity contribution in [1.82, 2.24) is 5.32 Å². The Morgan fingerprint density at radius 2 is 1.55 bits per heavy atom. The molecule has 0 saturated carbocycles. The summed E-state index contributed by atoms with van der Waals surface area (Å²) in [5, 5.41) is 1.94. The smallest absolute Gasteiger partial charge is 0.257 e. The Bertz CT molecular complexity index is 677. The molecule has 0 heterocycles. The zero-order valence-electron chi connectivity index (χ0n) is 11.4. The van der Waals surface area contributed by atoms with Gasteiger partial charge in [-0.05, 0) is 5.56 Å². The van der Waals surface area contributed by atoms with E-state index >= 15 is 0 Å². The van der Waals surface area contributed by atoms with Crippen LogP contribution in [0.4, 0.5) is 17.6 Å². The highest BCUT2D eigenvalue weighted by atomic mass is 32.2. The van der Waals surface area contributed by atoms with E-state index in [9.17, 15) is 22.4 Å². The number of hydrogen-bond donors (Lipinski definition) is 1. The molecule has 0 fully saturated rings. The molecule has 7 heteroatoms. The highest BCUT2D eigenvalue weighted by Crippen LogP contribution is 2.33. The SMILES string of the molecule is CNC(=O)c1c(F)c(F)c(SCc2ccccc2)c(F)c1F. The first-order chi connectivity index (χ1) is 10.5. The summed E-state index contributed by atoms with van der Waals surface area (Å²) in [6.07, 6.45) is 0. The molecule has 116 valence electrons. The van der Waals surface area contributed by atoms with Crippen LogP contribution >= 0.6 is 11.8 Å². The van der Waals surface area contributed by atoms with Crippen molar-refractivity contribution in [2.45, 2.75) is 10.6 Å². The van der Waals surface area contributed by atoms with Gasteiger partial charge in [-0.1, -0.05) is 30.3 Å². The lowest BCUT2D eigenvalue weighted by Crippen LogP contribution is -2.23. The molecular weight excluding hydrogens is 318 g/mol. The predicted molar refractivity (Wildman–Crippen MR) is 75.7 cm³/mol. The molecule has 0 radical (unpaired) electrons. The van der Waals surface area contributed by atoms with Gasteiger partial charge in [-0.15, -0.1) is 11.8 Å². The molecule has 0 aliphatic rings. The predicted octanol–water partition coefficient (Wildman–Crippen LogP) is 3.89. The Labute approximate surface area is 128 Å². The number of carbonyl (C=O) groups excluding carboxylic acids is 1. The van der Waals surface area contributed by atoms with Crippen LogP contribution in [0.15, 0.2) is 35.2 Å². The van der Waals surface area contributed by atoms with Crippen molar-refractivity contribution in [3.63, 3.8) is 0 Å². The maximum absolute atomic E-state index is 13.9. The molecule has 0 aliphatic heterocycles. The molecule has 0 bridgehead atoms. The number of carbonyl (C=O) groups is 1. The van der Waals surface area contributed by atoms with Crippen molar-refractivity contribution in [1.29, 1.82) is 0 Å². The fourth-order valence-corrected chi connectivity index (χ4v) is 2.73. The lowest BCUT2D eigenvalue weighted by Gasteiger charge is -2.11. The molecule has 1 amide bonds. The van der Waals surface area contributed by atoms with E-state index in [0.717, 1.165) is 12.6 Å². The van der Waals surface area contributed by atoms with E-state index in [1.54, 1.807) is 30.3 Å². The second kappa shape index (κ2) is 6.83. The maximum atomic E-state index is 13.9. The minimum atomic E-state index is -1.70. The molecule has 0 saturated heterocycles. The number of nitrogens with one attached hydrogen (secondary N) is 1. The summed E-state index contributed by atoms with van der Waals surface area (Å²) in [5.74, 6) is -7.64. The van der Waals surface area contributed by atoms with Crippen molar-refractivity contribution >= 4 is 17.7 Å². The van der Waals surface area contributed by atoms with Gasteiger partial charge in [0.25, 0.3) is 5.91 Å². The quantitative estimate of drug-likeness (QED) is 0.524. The Kier molecular flexibility index (Phi) is 5.07. The van der Waals surface area contributed by atoms with Crippen molar-refractivity contribution in [3.8, 4) is 0 Å². The summed E-state index contributed by atoms with van der Waals surface area (Å²) in [6, 6.07) is 8.67. The molecule has 0 aromatic heterocycles. The van der Waals surface area contributed by atoms with Gasteiger partial charge in [-0.25, -0.2) is 17.6 Å². The van der Waals surface area contributed by atoms with Crippen LogP contribution in [-0.4, -0.2) is 13.0 Å². The number of rotatable bonds is 4. The van der Waals surface area contributed by atoms with Crippen molar-refractivity contribution in [2.75, 3.05) is 7.05 Å². The van der Waals surface area contributed by atoms with Gasteiger partial charge in [0.15, 0.2) is 23.3 Å². The fourth-order valence-electron chi connectivity index (χ4n) is 1.79. The van der Waals surface area contributed by atoms with E-state index in [1.807, 2.05) is 5.32 Å². The van der Waals surface area contributed by atoms with Crippen LogP contribution in [0.2, 0.25) is 0 Å². The molecule has 0 aliphatic carbocycles. The van der Waals surface area contributed by atoms with Crippen molar-refractivity contribution in [2.24, 2.45) is 0 Å². The summed E-state index contributed by atoms with van der Waals surface area (Å²) in [5.41, 5.74) is -0.524. The van der Waals surface area contributed by atoms with Crippen LogP contribution in [0.5, 0.6) is 0 Å². The zero-order valence-corrected chi connectivity index (χ0v) is 12.2. The van der Waals surface area contributed by atoms with Gasteiger partial charge in [0.05, 0.1) is 4.90 Å². The van der Waals surface area contributed by atoms with Gasteiger partial charge in [0.2, 0.25) is 0 Å². The minimum absolute atomic E-state index is 0.132. The number of thioether (sulfide) groups is 1. The molecule has 2 aromatic carbocycles. The van der Waals surface area contributed by atoms with Gasteiger partial charge in [-0.2, -0.15) is 0 Å². The molecule has 0 atom stereocenters. The van der Waals surface area contributed by atoms with E-state index < -0.39 is 39.6 Å². The topological polar surface area (TPSA) is 29.1 Å². The third-order valence-electron chi connectivity index (χ3n) is 2.90. The average Bonchev–Trinajstić information content (AvgIpc) is 2.54. The molecule has 2 aromatic rings. The third kappa shape index (κ3) is 3.09.